The largest absolute Gasteiger partial charge is 0.388 e. The number of piperidine rings is 1. The van der Waals surface area contributed by atoms with Crippen LogP contribution in [0, 0.1) is 11.6 Å². The molecule has 1 saturated heterocycles. The minimum Gasteiger partial charge on any atom is -0.388 e. The molecule has 2 heterocycles. The van der Waals surface area contributed by atoms with Crippen LogP contribution >= 0.6 is 11.6 Å². The lowest BCUT2D eigenvalue weighted by Gasteiger charge is -2.29. The van der Waals surface area contributed by atoms with E-state index in [4.69, 9.17) is 16.6 Å². The lowest BCUT2D eigenvalue weighted by Crippen LogP contribution is -2.37. The number of hydrogen-bond donors (Lipinski definition) is 3. The zero-order valence-electron chi connectivity index (χ0n) is 23.8. The molecular formula is C31H32ClF2N5O3S. The zero-order valence-corrected chi connectivity index (χ0v) is 25.4. The number of nitrogens with zero attached hydrogens (tertiary/aromatic N) is 3. The van der Waals surface area contributed by atoms with Crippen molar-refractivity contribution in [1.29, 1.82) is 0 Å². The van der Waals surface area contributed by atoms with Gasteiger partial charge in [0.2, 0.25) is 5.95 Å². The van der Waals surface area contributed by atoms with E-state index in [1.54, 1.807) is 18.3 Å². The Bertz CT molecular complexity index is 1830. The monoisotopic (exact) mass is 627 g/mol. The molecule has 6 rings (SSSR count). The third-order valence-electron chi connectivity index (χ3n) is 8.34. The van der Waals surface area contributed by atoms with E-state index in [0.29, 0.717) is 47.2 Å². The van der Waals surface area contributed by atoms with Gasteiger partial charge in [-0.25, -0.2) is 27.2 Å². The first-order valence-electron chi connectivity index (χ1n) is 14.3. The van der Waals surface area contributed by atoms with Crippen LogP contribution in [0.3, 0.4) is 0 Å². The van der Waals surface area contributed by atoms with E-state index in [2.05, 4.69) is 27.0 Å². The minimum atomic E-state index is -4.32. The molecule has 1 fully saturated rings. The Kier molecular flexibility index (Phi) is 8.01. The summed E-state index contributed by atoms with van der Waals surface area (Å²) in [6.07, 6.45) is 4.01. The summed E-state index contributed by atoms with van der Waals surface area (Å²) in [5.74, 6) is -1.38. The Balaban J connectivity index is 1.35. The molecule has 0 radical (unpaired) electrons. The Morgan fingerprint density at radius 2 is 1.88 bits per heavy atom. The number of likely N-dealkylation sites (tertiary alicyclic amines) is 1. The van der Waals surface area contributed by atoms with Crippen molar-refractivity contribution in [2.75, 3.05) is 30.2 Å². The first-order chi connectivity index (χ1) is 20.5. The SMILES string of the molecule is CCc1cc(-c2c(F)ccc(NS(=O)(=O)c3cc(Cl)cc4c3CCC4O)c2F)cc2cnc(NC3CCN(C)CC3)nc12. The number of aryl methyl sites for hydroxylation is 1. The summed E-state index contributed by atoms with van der Waals surface area (Å²) >= 11 is 6.16. The first-order valence-corrected chi connectivity index (χ1v) is 16.2. The molecule has 43 heavy (non-hydrogen) atoms. The summed E-state index contributed by atoms with van der Waals surface area (Å²) in [7, 11) is -2.23. The molecule has 0 saturated carbocycles. The van der Waals surface area contributed by atoms with Crippen molar-refractivity contribution in [3.05, 3.63) is 75.9 Å². The summed E-state index contributed by atoms with van der Waals surface area (Å²) < 4.78 is 60.4. The molecule has 4 aromatic rings. The number of aliphatic hydroxyl groups is 1. The second-order valence-corrected chi connectivity index (χ2v) is 13.3. The van der Waals surface area contributed by atoms with Gasteiger partial charge < -0.3 is 15.3 Å². The highest BCUT2D eigenvalue weighted by atomic mass is 35.5. The van der Waals surface area contributed by atoms with E-state index >= 15 is 8.78 Å². The van der Waals surface area contributed by atoms with Gasteiger partial charge in [0.15, 0.2) is 5.82 Å². The Morgan fingerprint density at radius 1 is 1.12 bits per heavy atom. The van der Waals surface area contributed by atoms with Gasteiger partial charge in [0.05, 0.1) is 27.8 Å². The number of anilines is 2. The molecule has 8 nitrogen and oxygen atoms in total. The lowest BCUT2D eigenvalue weighted by atomic mass is 9.97. The van der Waals surface area contributed by atoms with Crippen molar-refractivity contribution < 1.29 is 22.3 Å². The molecule has 226 valence electrons. The van der Waals surface area contributed by atoms with Crippen LogP contribution in [0.1, 0.15) is 49.0 Å². The summed E-state index contributed by atoms with van der Waals surface area (Å²) in [5.41, 5.74) is 1.80. The van der Waals surface area contributed by atoms with Crippen LogP contribution in [0.25, 0.3) is 22.0 Å². The highest BCUT2D eigenvalue weighted by Gasteiger charge is 2.30. The van der Waals surface area contributed by atoms with Crippen molar-refractivity contribution in [2.24, 2.45) is 0 Å². The third-order valence-corrected chi connectivity index (χ3v) is 9.99. The van der Waals surface area contributed by atoms with E-state index in [1.807, 2.05) is 6.92 Å². The summed E-state index contributed by atoms with van der Waals surface area (Å²) in [6, 6.07) is 8.45. The van der Waals surface area contributed by atoms with Gasteiger partial charge in [0, 0.05) is 22.6 Å². The number of benzene rings is 3. The third kappa shape index (κ3) is 5.78. The van der Waals surface area contributed by atoms with Crippen LogP contribution in [0.2, 0.25) is 5.02 Å². The molecule has 1 aromatic heterocycles. The molecule has 1 unspecified atom stereocenters. The molecule has 2 aliphatic rings. The van der Waals surface area contributed by atoms with E-state index in [1.165, 1.54) is 12.1 Å². The van der Waals surface area contributed by atoms with Crippen LogP contribution in [0.4, 0.5) is 20.4 Å². The maximum Gasteiger partial charge on any atom is 0.262 e. The van der Waals surface area contributed by atoms with Gasteiger partial charge in [0.25, 0.3) is 10.0 Å². The van der Waals surface area contributed by atoms with Crippen molar-refractivity contribution in [1.82, 2.24) is 14.9 Å². The predicted octanol–water partition coefficient (Wildman–Crippen LogP) is 6.08. The van der Waals surface area contributed by atoms with Crippen LogP contribution in [0.15, 0.2) is 47.5 Å². The molecule has 0 bridgehead atoms. The fourth-order valence-electron chi connectivity index (χ4n) is 6.01. The molecule has 12 heteroatoms. The van der Waals surface area contributed by atoms with Gasteiger partial charge in [-0.15, -0.1) is 0 Å². The topological polar surface area (TPSA) is 107 Å². The zero-order chi connectivity index (χ0) is 30.5. The van der Waals surface area contributed by atoms with Gasteiger partial charge in [0.1, 0.15) is 5.82 Å². The van der Waals surface area contributed by atoms with Gasteiger partial charge in [-0.05, 0) is 111 Å². The lowest BCUT2D eigenvalue weighted by molar-refractivity contribution is 0.180. The number of nitrogens with one attached hydrogen (secondary N) is 2. The predicted molar refractivity (Wildman–Crippen MR) is 164 cm³/mol. The normalized spacial score (nSPS) is 17.8. The number of sulfonamides is 1. The summed E-state index contributed by atoms with van der Waals surface area (Å²) in [4.78, 5) is 11.3. The maximum absolute atomic E-state index is 16.0. The van der Waals surface area contributed by atoms with Crippen LogP contribution in [-0.4, -0.2) is 54.6 Å². The van der Waals surface area contributed by atoms with Gasteiger partial charge in [-0.3, -0.25) is 4.72 Å². The molecule has 1 atom stereocenters. The summed E-state index contributed by atoms with van der Waals surface area (Å²) in [6.45, 7) is 3.92. The highest BCUT2D eigenvalue weighted by Crippen LogP contribution is 2.39. The van der Waals surface area contributed by atoms with Gasteiger partial charge >= 0.3 is 0 Å². The van der Waals surface area contributed by atoms with E-state index < -0.39 is 33.4 Å². The van der Waals surface area contributed by atoms with Crippen molar-refractivity contribution in [3.63, 3.8) is 0 Å². The van der Waals surface area contributed by atoms with E-state index in [0.717, 1.165) is 43.6 Å². The number of aliphatic hydroxyl groups excluding tert-OH is 1. The summed E-state index contributed by atoms with van der Waals surface area (Å²) in [5, 5.41) is 14.4. The van der Waals surface area contributed by atoms with Crippen LogP contribution in [-0.2, 0) is 22.9 Å². The average Bonchev–Trinajstić information content (AvgIpc) is 3.35. The van der Waals surface area contributed by atoms with Gasteiger partial charge in [-0.2, -0.15) is 0 Å². The Morgan fingerprint density at radius 3 is 2.63 bits per heavy atom. The van der Waals surface area contributed by atoms with Gasteiger partial charge in [-0.1, -0.05) is 18.5 Å². The molecule has 1 aliphatic heterocycles. The van der Waals surface area contributed by atoms with Crippen LogP contribution in [0.5, 0.6) is 0 Å². The molecular weight excluding hydrogens is 596 g/mol. The van der Waals surface area contributed by atoms with Crippen molar-refractivity contribution in [2.45, 2.75) is 56.1 Å². The number of aromatic nitrogens is 2. The van der Waals surface area contributed by atoms with Crippen molar-refractivity contribution >= 4 is 44.2 Å². The van der Waals surface area contributed by atoms with E-state index in [-0.39, 0.29) is 27.1 Å². The second-order valence-electron chi connectivity index (χ2n) is 11.3. The smallest absolute Gasteiger partial charge is 0.262 e. The van der Waals surface area contributed by atoms with Crippen molar-refractivity contribution in [3.8, 4) is 11.1 Å². The molecule has 1 aliphatic carbocycles. The Labute approximate surface area is 254 Å². The standard InChI is InChI=1S/C31H32ClF2N5O3S/c1-3-17-12-18(13-19-16-35-31(37-30(17)19)36-21-8-10-39(2)11-9-21)28-24(33)5-6-25(29(28)34)38-43(41,42)27-15-20(32)14-23-22(27)4-7-26(23)40/h5-6,12-16,21,26,38,40H,3-4,7-11H2,1-2H3,(H,35,36,37). The average molecular weight is 628 g/mol. The minimum absolute atomic E-state index is 0.135. The number of halogens is 3. The number of hydrogen-bond acceptors (Lipinski definition) is 7. The quantitative estimate of drug-likeness (QED) is 0.228. The number of fused-ring (bicyclic) bond motifs is 2. The molecule has 3 aromatic carbocycles. The maximum atomic E-state index is 16.0. The molecule has 0 amide bonds. The van der Waals surface area contributed by atoms with Crippen LogP contribution < -0.4 is 10.0 Å². The first kappa shape index (κ1) is 29.7. The number of rotatable bonds is 7. The highest BCUT2D eigenvalue weighted by molar-refractivity contribution is 7.92. The fraction of sp³-hybridized carbons (Fsp3) is 0.355. The molecule has 0 spiro atoms. The fourth-order valence-corrected chi connectivity index (χ4v) is 7.68. The molecule has 3 N–H and O–H groups in total. The van der Waals surface area contributed by atoms with E-state index in [9.17, 15) is 13.5 Å². The Hall–Kier alpha value is -3.38. The second kappa shape index (κ2) is 11.6.